The van der Waals surface area contributed by atoms with Crippen LogP contribution in [0.3, 0.4) is 0 Å². The molecule has 0 bridgehead atoms. The van der Waals surface area contributed by atoms with Crippen molar-refractivity contribution in [3.05, 3.63) is 98.3 Å². The predicted octanol–water partition coefficient (Wildman–Crippen LogP) is 5.82. The van der Waals surface area contributed by atoms with Crippen LogP contribution >= 0.6 is 23.2 Å². The lowest BCUT2D eigenvalue weighted by molar-refractivity contribution is 0.412. The maximum Gasteiger partial charge on any atom is 0.261 e. The standard InChI is InChI=1S/C24H18Cl2N2O3/c1-31-17-9-6-15(7-10-17)14-28-23(29)19-5-3-2-4-18(19)20(24(28)30)13-27-22-11-8-16(25)12-21(22)26/h2-13,30H,14H2,1H3. The number of methoxy groups -OCH3 is 1. The maximum atomic E-state index is 13.1. The van der Waals surface area contributed by atoms with Crippen LogP contribution in [0.25, 0.3) is 10.8 Å². The predicted molar refractivity (Wildman–Crippen MR) is 126 cm³/mol. The number of aromatic hydroxyl groups is 1. The molecule has 0 fully saturated rings. The zero-order valence-corrected chi connectivity index (χ0v) is 18.1. The van der Waals surface area contributed by atoms with E-state index in [1.54, 1.807) is 43.5 Å². The molecule has 7 heteroatoms. The molecule has 0 spiro atoms. The molecule has 3 aromatic carbocycles. The second kappa shape index (κ2) is 8.84. The van der Waals surface area contributed by atoms with E-state index in [0.717, 1.165) is 5.56 Å². The highest BCUT2D eigenvalue weighted by Gasteiger charge is 2.15. The van der Waals surface area contributed by atoms with Gasteiger partial charge in [-0.25, -0.2) is 0 Å². The van der Waals surface area contributed by atoms with Gasteiger partial charge in [-0.2, -0.15) is 0 Å². The summed E-state index contributed by atoms with van der Waals surface area (Å²) in [5.74, 6) is 0.542. The minimum atomic E-state index is -0.286. The summed E-state index contributed by atoms with van der Waals surface area (Å²) >= 11 is 12.2. The van der Waals surface area contributed by atoms with Gasteiger partial charge in [0.15, 0.2) is 0 Å². The van der Waals surface area contributed by atoms with Crippen molar-refractivity contribution in [3.8, 4) is 11.6 Å². The van der Waals surface area contributed by atoms with Crippen LogP contribution in [0, 0.1) is 0 Å². The number of rotatable bonds is 5. The minimum absolute atomic E-state index is 0.173. The smallest absolute Gasteiger partial charge is 0.261 e. The third-order valence-corrected chi connectivity index (χ3v) is 5.47. The molecule has 156 valence electrons. The molecule has 31 heavy (non-hydrogen) atoms. The fraction of sp³-hybridized carbons (Fsp3) is 0.0833. The van der Waals surface area contributed by atoms with E-state index < -0.39 is 0 Å². The molecule has 0 aliphatic heterocycles. The lowest BCUT2D eigenvalue weighted by Crippen LogP contribution is -2.22. The average molecular weight is 453 g/mol. The first-order valence-electron chi connectivity index (χ1n) is 9.44. The van der Waals surface area contributed by atoms with Crippen LogP contribution in [0.2, 0.25) is 10.0 Å². The monoisotopic (exact) mass is 452 g/mol. The Labute approximate surface area is 188 Å². The van der Waals surface area contributed by atoms with Gasteiger partial charge in [-0.05, 0) is 42.0 Å². The van der Waals surface area contributed by atoms with E-state index in [9.17, 15) is 9.90 Å². The zero-order valence-electron chi connectivity index (χ0n) is 16.5. The molecule has 0 atom stereocenters. The van der Waals surface area contributed by atoms with Crippen molar-refractivity contribution in [1.82, 2.24) is 4.57 Å². The molecule has 0 aliphatic rings. The van der Waals surface area contributed by atoms with Gasteiger partial charge >= 0.3 is 0 Å². The van der Waals surface area contributed by atoms with Gasteiger partial charge in [0, 0.05) is 22.0 Å². The summed E-state index contributed by atoms with van der Waals surface area (Å²) in [6.45, 7) is 0.196. The van der Waals surface area contributed by atoms with Gasteiger partial charge in [0.1, 0.15) is 5.75 Å². The van der Waals surface area contributed by atoms with Crippen LogP contribution in [0.15, 0.2) is 76.5 Å². The number of aromatic nitrogens is 1. The number of fused-ring (bicyclic) bond motifs is 1. The Kier molecular flexibility index (Phi) is 5.98. The molecule has 0 saturated carbocycles. The van der Waals surface area contributed by atoms with Crippen molar-refractivity contribution >= 4 is 45.9 Å². The minimum Gasteiger partial charge on any atom is -0.497 e. The lowest BCUT2D eigenvalue weighted by atomic mass is 10.1. The van der Waals surface area contributed by atoms with E-state index in [4.69, 9.17) is 27.9 Å². The Morgan fingerprint density at radius 1 is 1.03 bits per heavy atom. The van der Waals surface area contributed by atoms with E-state index in [2.05, 4.69) is 4.99 Å². The van der Waals surface area contributed by atoms with E-state index >= 15 is 0 Å². The van der Waals surface area contributed by atoms with E-state index in [1.807, 2.05) is 30.3 Å². The molecule has 0 aliphatic carbocycles. The molecule has 1 heterocycles. The van der Waals surface area contributed by atoms with Crippen LogP contribution in [0.4, 0.5) is 5.69 Å². The normalized spacial score (nSPS) is 11.3. The van der Waals surface area contributed by atoms with Crippen LogP contribution in [-0.4, -0.2) is 23.0 Å². The van der Waals surface area contributed by atoms with Gasteiger partial charge in [-0.3, -0.25) is 14.4 Å². The first kappa shape index (κ1) is 21.0. The third-order valence-electron chi connectivity index (χ3n) is 4.93. The topological polar surface area (TPSA) is 63.8 Å². The Morgan fingerprint density at radius 2 is 1.74 bits per heavy atom. The first-order valence-corrected chi connectivity index (χ1v) is 10.2. The summed E-state index contributed by atoms with van der Waals surface area (Å²) in [5.41, 5.74) is 1.49. The second-order valence-electron chi connectivity index (χ2n) is 6.88. The van der Waals surface area contributed by atoms with Crippen molar-refractivity contribution in [2.24, 2.45) is 4.99 Å². The molecule has 0 radical (unpaired) electrons. The van der Waals surface area contributed by atoms with E-state index in [0.29, 0.717) is 37.8 Å². The quantitative estimate of drug-likeness (QED) is 0.387. The van der Waals surface area contributed by atoms with E-state index in [1.165, 1.54) is 10.8 Å². The molecule has 5 nitrogen and oxygen atoms in total. The van der Waals surface area contributed by atoms with Crippen molar-refractivity contribution in [2.45, 2.75) is 6.54 Å². The fourth-order valence-corrected chi connectivity index (χ4v) is 3.78. The van der Waals surface area contributed by atoms with Crippen molar-refractivity contribution in [3.63, 3.8) is 0 Å². The lowest BCUT2D eigenvalue weighted by Gasteiger charge is -2.14. The molecular weight excluding hydrogens is 435 g/mol. The van der Waals surface area contributed by atoms with Gasteiger partial charge in [-0.1, -0.05) is 53.5 Å². The van der Waals surface area contributed by atoms with Crippen LogP contribution in [-0.2, 0) is 6.54 Å². The number of ether oxygens (including phenoxy) is 1. The molecule has 0 unspecified atom stereocenters. The molecule has 4 rings (SSSR count). The molecular formula is C24H18Cl2N2O3. The van der Waals surface area contributed by atoms with Crippen LogP contribution in [0.1, 0.15) is 11.1 Å². The Balaban J connectivity index is 1.84. The van der Waals surface area contributed by atoms with Crippen molar-refractivity contribution in [2.75, 3.05) is 7.11 Å². The summed E-state index contributed by atoms with van der Waals surface area (Å²) in [6.07, 6.45) is 1.51. The Morgan fingerprint density at radius 3 is 2.42 bits per heavy atom. The first-order chi connectivity index (χ1) is 15.0. The largest absolute Gasteiger partial charge is 0.497 e. The van der Waals surface area contributed by atoms with Gasteiger partial charge in [-0.15, -0.1) is 0 Å². The third kappa shape index (κ3) is 4.29. The SMILES string of the molecule is COc1ccc(Cn2c(O)c(C=Nc3ccc(Cl)cc3Cl)c3ccccc3c2=O)cc1. The number of nitrogens with zero attached hydrogens (tertiary/aromatic N) is 2. The van der Waals surface area contributed by atoms with Gasteiger partial charge < -0.3 is 9.84 Å². The Bertz CT molecular complexity index is 1350. The van der Waals surface area contributed by atoms with Gasteiger partial charge in [0.25, 0.3) is 5.56 Å². The molecule has 1 N–H and O–H groups in total. The van der Waals surface area contributed by atoms with Gasteiger partial charge in [0.2, 0.25) is 5.88 Å². The Hall–Kier alpha value is -3.28. The summed E-state index contributed by atoms with van der Waals surface area (Å²) in [6, 6.07) is 19.4. The zero-order chi connectivity index (χ0) is 22.0. The van der Waals surface area contributed by atoms with Crippen molar-refractivity contribution in [1.29, 1.82) is 0 Å². The summed E-state index contributed by atoms with van der Waals surface area (Å²) in [7, 11) is 1.59. The number of halogens is 2. The highest BCUT2D eigenvalue weighted by atomic mass is 35.5. The summed E-state index contributed by atoms with van der Waals surface area (Å²) in [5, 5.41) is 13.0. The average Bonchev–Trinajstić information content (AvgIpc) is 2.78. The number of hydrogen-bond donors (Lipinski definition) is 1. The number of benzene rings is 3. The summed E-state index contributed by atoms with van der Waals surface area (Å²) in [4.78, 5) is 17.5. The second-order valence-corrected chi connectivity index (χ2v) is 7.72. The maximum absolute atomic E-state index is 13.1. The van der Waals surface area contributed by atoms with E-state index in [-0.39, 0.29) is 18.0 Å². The molecule has 0 saturated heterocycles. The molecule has 1 aromatic heterocycles. The fourth-order valence-electron chi connectivity index (χ4n) is 3.32. The number of pyridine rings is 1. The highest BCUT2D eigenvalue weighted by molar-refractivity contribution is 6.36. The van der Waals surface area contributed by atoms with Crippen LogP contribution < -0.4 is 10.3 Å². The highest BCUT2D eigenvalue weighted by Crippen LogP contribution is 2.29. The van der Waals surface area contributed by atoms with Gasteiger partial charge in [0.05, 0.1) is 29.9 Å². The van der Waals surface area contributed by atoms with Crippen molar-refractivity contribution < 1.29 is 9.84 Å². The summed E-state index contributed by atoms with van der Waals surface area (Å²) < 4.78 is 6.51. The number of hydrogen-bond acceptors (Lipinski definition) is 4. The molecule has 0 amide bonds. The molecule has 4 aromatic rings. The number of aliphatic imine (C=N–C) groups is 1. The van der Waals surface area contributed by atoms with Crippen LogP contribution in [0.5, 0.6) is 11.6 Å².